The van der Waals surface area contributed by atoms with Gasteiger partial charge in [0.05, 0.1) is 17.1 Å². The molecule has 0 amide bonds. The SMILES string of the molecule is N#C/C(=C\c1ccc([N+](=O)[O-])o1)[N+](=O)[O-]. The third kappa shape index (κ3) is 2.38. The second-order valence-electron chi connectivity index (χ2n) is 2.33. The molecule has 0 atom stereocenters. The van der Waals surface area contributed by atoms with Gasteiger partial charge < -0.3 is 4.42 Å². The van der Waals surface area contributed by atoms with Gasteiger partial charge in [0.25, 0.3) is 0 Å². The highest BCUT2D eigenvalue weighted by Gasteiger charge is 2.14. The lowest BCUT2D eigenvalue weighted by molar-refractivity contribution is -0.416. The maximum atomic E-state index is 10.2. The van der Waals surface area contributed by atoms with Crippen LogP contribution in [0, 0.1) is 31.6 Å². The van der Waals surface area contributed by atoms with Crippen molar-refractivity contribution in [1.29, 1.82) is 5.26 Å². The van der Waals surface area contributed by atoms with E-state index in [9.17, 15) is 20.2 Å². The van der Waals surface area contributed by atoms with Crippen molar-refractivity contribution in [1.82, 2.24) is 0 Å². The molecule has 0 saturated heterocycles. The Morgan fingerprint density at radius 3 is 2.53 bits per heavy atom. The maximum absolute atomic E-state index is 10.2. The van der Waals surface area contributed by atoms with E-state index in [0.29, 0.717) is 0 Å². The lowest BCUT2D eigenvalue weighted by Crippen LogP contribution is -1.94. The molecule has 0 aromatic carbocycles. The first-order valence-electron chi connectivity index (χ1n) is 3.55. The summed E-state index contributed by atoms with van der Waals surface area (Å²) in [5.74, 6) is -0.656. The van der Waals surface area contributed by atoms with Crippen LogP contribution in [0.25, 0.3) is 6.08 Å². The Morgan fingerprint density at radius 2 is 2.13 bits per heavy atom. The van der Waals surface area contributed by atoms with Gasteiger partial charge in [-0.2, -0.15) is 5.26 Å². The number of nitrogens with zero attached hydrogens (tertiary/aromatic N) is 3. The van der Waals surface area contributed by atoms with Gasteiger partial charge in [-0.25, -0.2) is 0 Å². The van der Waals surface area contributed by atoms with Crippen LogP contribution in [0.15, 0.2) is 22.2 Å². The van der Waals surface area contributed by atoms with E-state index < -0.39 is 21.4 Å². The Bertz CT molecular complexity index is 481. The van der Waals surface area contributed by atoms with E-state index in [1.165, 1.54) is 12.1 Å². The van der Waals surface area contributed by atoms with Crippen molar-refractivity contribution in [2.75, 3.05) is 0 Å². The molecule has 0 aliphatic rings. The fourth-order valence-corrected chi connectivity index (χ4v) is 0.778. The zero-order valence-corrected chi connectivity index (χ0v) is 7.11. The number of rotatable bonds is 3. The minimum absolute atomic E-state index is 0.116. The molecule has 0 spiro atoms. The van der Waals surface area contributed by atoms with Crippen LogP contribution in [0.2, 0.25) is 0 Å². The van der Waals surface area contributed by atoms with Crippen LogP contribution < -0.4 is 0 Å². The summed E-state index contributed by atoms with van der Waals surface area (Å²) in [5.41, 5.74) is -0.751. The zero-order chi connectivity index (χ0) is 11.4. The molecule has 0 saturated carbocycles. The number of furan rings is 1. The molecular formula is C7H3N3O5. The zero-order valence-electron chi connectivity index (χ0n) is 7.11. The smallest absolute Gasteiger partial charge is 0.401 e. The van der Waals surface area contributed by atoms with Crippen molar-refractivity contribution in [2.45, 2.75) is 0 Å². The summed E-state index contributed by atoms with van der Waals surface area (Å²) >= 11 is 0. The molecule has 1 aromatic rings. The molecule has 0 bridgehead atoms. The first kappa shape index (κ1) is 10.4. The standard InChI is InChI=1S/C7H3N3O5/c8-4-5(9(11)12)3-6-1-2-7(15-6)10(13)14/h1-3H/b5-3+. The summed E-state index contributed by atoms with van der Waals surface area (Å²) in [4.78, 5) is 18.7. The molecule has 8 heteroatoms. The molecule has 0 unspecified atom stereocenters. The number of hydrogen-bond donors (Lipinski definition) is 0. The quantitative estimate of drug-likeness (QED) is 0.420. The molecule has 0 aliphatic carbocycles. The largest absolute Gasteiger partial charge is 0.433 e. The van der Waals surface area contributed by atoms with Gasteiger partial charge in [0.2, 0.25) is 0 Å². The lowest BCUT2D eigenvalue weighted by Gasteiger charge is -1.85. The van der Waals surface area contributed by atoms with Crippen LogP contribution in [0.4, 0.5) is 5.88 Å². The molecule has 8 nitrogen and oxygen atoms in total. The van der Waals surface area contributed by atoms with Gasteiger partial charge in [-0.3, -0.25) is 20.2 Å². The third-order valence-electron chi connectivity index (χ3n) is 1.38. The van der Waals surface area contributed by atoms with Gasteiger partial charge in [-0.05, 0) is 6.07 Å². The van der Waals surface area contributed by atoms with Gasteiger partial charge in [0.1, 0.15) is 10.7 Å². The Morgan fingerprint density at radius 1 is 1.47 bits per heavy atom. The van der Waals surface area contributed by atoms with Crippen LogP contribution >= 0.6 is 0 Å². The molecule has 76 valence electrons. The highest BCUT2D eigenvalue weighted by atomic mass is 16.6. The fourth-order valence-electron chi connectivity index (χ4n) is 0.778. The predicted molar refractivity (Wildman–Crippen MR) is 45.9 cm³/mol. The van der Waals surface area contributed by atoms with Crippen molar-refractivity contribution in [3.05, 3.63) is 43.8 Å². The average Bonchev–Trinajstić information content (AvgIpc) is 2.61. The first-order valence-corrected chi connectivity index (χ1v) is 3.55. The van der Waals surface area contributed by atoms with E-state index in [1.54, 1.807) is 0 Å². The second-order valence-corrected chi connectivity index (χ2v) is 2.33. The topological polar surface area (TPSA) is 123 Å². The molecule has 0 aliphatic heterocycles. The van der Waals surface area contributed by atoms with Gasteiger partial charge in [-0.1, -0.05) is 0 Å². The number of hydrogen-bond acceptors (Lipinski definition) is 6. The minimum Gasteiger partial charge on any atom is -0.401 e. The van der Waals surface area contributed by atoms with E-state index in [1.807, 2.05) is 0 Å². The van der Waals surface area contributed by atoms with E-state index >= 15 is 0 Å². The summed E-state index contributed by atoms with van der Waals surface area (Å²) in [6.45, 7) is 0. The van der Waals surface area contributed by atoms with E-state index in [-0.39, 0.29) is 5.76 Å². The van der Waals surface area contributed by atoms with Crippen molar-refractivity contribution in [2.24, 2.45) is 0 Å². The minimum atomic E-state index is -0.908. The highest BCUT2D eigenvalue weighted by molar-refractivity contribution is 5.50. The number of nitro groups is 2. The average molecular weight is 209 g/mol. The summed E-state index contributed by atoms with van der Waals surface area (Å²) in [5, 5.41) is 28.7. The van der Waals surface area contributed by atoms with Gasteiger partial charge in [0, 0.05) is 0 Å². The number of nitriles is 1. The molecule has 15 heavy (non-hydrogen) atoms. The van der Waals surface area contributed by atoms with Crippen molar-refractivity contribution in [3.8, 4) is 6.07 Å². The Labute approximate surface area is 82.3 Å². The highest BCUT2D eigenvalue weighted by Crippen LogP contribution is 2.17. The van der Waals surface area contributed by atoms with E-state index in [0.717, 1.165) is 12.1 Å². The van der Waals surface area contributed by atoms with Gasteiger partial charge in [-0.15, -0.1) is 0 Å². The van der Waals surface area contributed by atoms with Crippen molar-refractivity contribution in [3.63, 3.8) is 0 Å². The van der Waals surface area contributed by atoms with Crippen LogP contribution in [0.5, 0.6) is 0 Å². The molecule has 1 aromatic heterocycles. The monoisotopic (exact) mass is 209 g/mol. The molecule has 1 heterocycles. The summed E-state index contributed by atoms with van der Waals surface area (Å²) in [6, 6.07) is 3.53. The van der Waals surface area contributed by atoms with Crippen LogP contribution in [-0.4, -0.2) is 9.85 Å². The third-order valence-corrected chi connectivity index (χ3v) is 1.38. The number of allylic oxidation sites excluding steroid dienone is 1. The molecule has 0 N–H and O–H groups in total. The van der Waals surface area contributed by atoms with Crippen LogP contribution in [0.3, 0.4) is 0 Å². The Balaban J connectivity index is 3.04. The van der Waals surface area contributed by atoms with Gasteiger partial charge in [0.15, 0.2) is 6.07 Å². The van der Waals surface area contributed by atoms with E-state index in [2.05, 4.69) is 4.42 Å². The van der Waals surface area contributed by atoms with Crippen molar-refractivity contribution >= 4 is 12.0 Å². The molecule has 1 rings (SSSR count). The Kier molecular flexibility index (Phi) is 2.78. The maximum Gasteiger partial charge on any atom is 0.433 e. The molecule has 0 fully saturated rings. The predicted octanol–water partition coefficient (Wildman–Crippen LogP) is 1.33. The fraction of sp³-hybridized carbons (Fsp3) is 0. The summed E-state index contributed by atoms with van der Waals surface area (Å²) in [6.07, 6.45) is 0.812. The van der Waals surface area contributed by atoms with Crippen molar-refractivity contribution < 1.29 is 14.3 Å². The van der Waals surface area contributed by atoms with E-state index in [4.69, 9.17) is 5.26 Å². The normalized spacial score (nSPS) is 10.7. The second kappa shape index (κ2) is 4.01. The molecule has 0 radical (unpaired) electrons. The van der Waals surface area contributed by atoms with Crippen LogP contribution in [-0.2, 0) is 0 Å². The lowest BCUT2D eigenvalue weighted by atomic mass is 10.3. The summed E-state index contributed by atoms with van der Waals surface area (Å²) < 4.78 is 4.60. The van der Waals surface area contributed by atoms with Crippen LogP contribution in [0.1, 0.15) is 5.76 Å². The first-order chi connectivity index (χ1) is 7.04. The molecular weight excluding hydrogens is 206 g/mol. The summed E-state index contributed by atoms with van der Waals surface area (Å²) in [7, 11) is 0. The van der Waals surface area contributed by atoms with Gasteiger partial charge >= 0.3 is 11.6 Å². The Hall–Kier alpha value is -2.69.